The van der Waals surface area contributed by atoms with Crippen LogP contribution in [-0.2, 0) is 0 Å². The van der Waals surface area contributed by atoms with Crippen LogP contribution in [0.1, 0.15) is 45.0 Å². The lowest BCUT2D eigenvalue weighted by atomic mass is 10.1. The number of hydrogen-bond donors (Lipinski definition) is 0. The lowest BCUT2D eigenvalue weighted by Gasteiger charge is -2.08. The van der Waals surface area contributed by atoms with Gasteiger partial charge in [0, 0.05) is 73.8 Å². The number of pyridine rings is 4. The molecule has 0 unspecified atom stereocenters. The summed E-state index contributed by atoms with van der Waals surface area (Å²) >= 11 is 0. The Morgan fingerprint density at radius 3 is 0.800 bits per heavy atom. The SMILES string of the molecule is O=[N+]([O-])c1ccncc1C=Cc1nc(C=Cc2cnccc2[N+](=O)[O-])c(C=Cc2cnccc2[N+](=O)[O-])nc1C=Cc1cnccc1[N+](=O)[O-]. The van der Waals surface area contributed by atoms with Crippen LogP contribution in [-0.4, -0.2) is 49.6 Å². The summed E-state index contributed by atoms with van der Waals surface area (Å²) in [6.07, 6.45) is 21.3. The topological polar surface area (TPSA) is 250 Å². The van der Waals surface area contributed by atoms with Gasteiger partial charge in [-0.25, -0.2) is 9.97 Å². The summed E-state index contributed by atoms with van der Waals surface area (Å²) in [6.45, 7) is 0. The quantitative estimate of drug-likeness (QED) is 0.103. The first-order chi connectivity index (χ1) is 24.1. The van der Waals surface area contributed by atoms with E-state index in [9.17, 15) is 40.5 Å². The van der Waals surface area contributed by atoms with Crippen LogP contribution < -0.4 is 0 Å². The summed E-state index contributed by atoms with van der Waals surface area (Å²) in [6, 6.07) is 4.87. The molecule has 246 valence electrons. The standard InChI is InChI=1S/C32H20N10O8/c43-39(44)29-9-13-33-17-21(29)1-5-25-26(6-2-22-18-34-14-10-30(22)40(45)46)38-28(8-4-24-20-36-16-12-32(24)42(49)50)27(37-25)7-3-23-19-35-15-11-31(23)41(47)48/h1-20H. The summed E-state index contributed by atoms with van der Waals surface area (Å²) in [5.74, 6) is 0. The van der Waals surface area contributed by atoms with E-state index in [4.69, 9.17) is 0 Å². The summed E-state index contributed by atoms with van der Waals surface area (Å²) < 4.78 is 0. The molecule has 0 N–H and O–H groups in total. The molecule has 0 fully saturated rings. The fourth-order valence-electron chi connectivity index (χ4n) is 4.43. The Hall–Kier alpha value is -7.76. The van der Waals surface area contributed by atoms with Gasteiger partial charge in [-0.05, 0) is 48.6 Å². The van der Waals surface area contributed by atoms with Crippen LogP contribution in [0.5, 0.6) is 0 Å². The van der Waals surface area contributed by atoms with E-state index in [1.165, 1.54) is 122 Å². The highest BCUT2D eigenvalue weighted by Crippen LogP contribution is 2.26. The van der Waals surface area contributed by atoms with Crippen molar-refractivity contribution in [1.82, 2.24) is 29.9 Å². The Morgan fingerprint density at radius 2 is 0.600 bits per heavy atom. The van der Waals surface area contributed by atoms with Crippen molar-refractivity contribution in [3.8, 4) is 0 Å². The molecule has 5 aromatic heterocycles. The molecule has 0 aliphatic rings. The first kappa shape index (κ1) is 33.6. The average molecular weight is 673 g/mol. The van der Waals surface area contributed by atoms with Gasteiger partial charge in [-0.15, -0.1) is 0 Å². The fourth-order valence-corrected chi connectivity index (χ4v) is 4.43. The molecule has 0 bridgehead atoms. The van der Waals surface area contributed by atoms with Crippen LogP contribution in [0.4, 0.5) is 22.7 Å². The molecule has 50 heavy (non-hydrogen) atoms. The van der Waals surface area contributed by atoms with Crippen molar-refractivity contribution in [2.45, 2.75) is 0 Å². The van der Waals surface area contributed by atoms with E-state index in [0.717, 1.165) is 0 Å². The molecule has 5 rings (SSSR count). The molecule has 0 radical (unpaired) electrons. The van der Waals surface area contributed by atoms with Gasteiger partial charge >= 0.3 is 0 Å². The zero-order chi connectivity index (χ0) is 35.6. The number of hydrogen-bond acceptors (Lipinski definition) is 14. The molecule has 0 atom stereocenters. The second kappa shape index (κ2) is 15.2. The third-order valence-electron chi connectivity index (χ3n) is 6.79. The number of rotatable bonds is 12. The minimum atomic E-state index is -0.587. The van der Waals surface area contributed by atoms with Crippen molar-refractivity contribution in [3.63, 3.8) is 0 Å². The summed E-state index contributed by atoms with van der Waals surface area (Å²) in [5, 5.41) is 46.5. The smallest absolute Gasteiger partial charge is 0.264 e. The van der Waals surface area contributed by atoms with Gasteiger partial charge in [0.25, 0.3) is 22.7 Å². The lowest BCUT2D eigenvalue weighted by molar-refractivity contribution is -0.385. The second-order valence-electron chi connectivity index (χ2n) is 9.86. The zero-order valence-electron chi connectivity index (χ0n) is 25.3. The van der Waals surface area contributed by atoms with Crippen LogP contribution in [0.2, 0.25) is 0 Å². The lowest BCUT2D eigenvalue weighted by Crippen LogP contribution is -2.00. The molecular formula is C32H20N10O8. The molecule has 0 aliphatic carbocycles. The Labute approximate surface area is 280 Å². The zero-order valence-corrected chi connectivity index (χ0v) is 25.3. The first-order valence-corrected chi connectivity index (χ1v) is 14.1. The van der Waals surface area contributed by atoms with E-state index < -0.39 is 19.7 Å². The molecule has 0 aliphatic heterocycles. The maximum atomic E-state index is 11.6. The van der Waals surface area contributed by atoms with Gasteiger partial charge in [0.2, 0.25) is 0 Å². The van der Waals surface area contributed by atoms with Gasteiger partial charge in [-0.1, -0.05) is 0 Å². The molecule has 0 saturated heterocycles. The maximum absolute atomic E-state index is 11.6. The monoisotopic (exact) mass is 672 g/mol. The Kier molecular flexibility index (Phi) is 10.2. The Morgan fingerprint density at radius 1 is 0.380 bits per heavy atom. The third kappa shape index (κ3) is 7.96. The van der Waals surface area contributed by atoms with Crippen molar-refractivity contribution < 1.29 is 19.7 Å². The van der Waals surface area contributed by atoms with E-state index in [1.807, 2.05) is 0 Å². The molecule has 0 spiro atoms. The van der Waals surface area contributed by atoms with Gasteiger partial charge in [0.1, 0.15) is 0 Å². The number of aromatic nitrogens is 6. The molecular weight excluding hydrogens is 652 g/mol. The summed E-state index contributed by atoms with van der Waals surface area (Å²) in [7, 11) is 0. The third-order valence-corrected chi connectivity index (χ3v) is 6.79. The van der Waals surface area contributed by atoms with E-state index in [0.29, 0.717) is 0 Å². The molecule has 18 heteroatoms. The van der Waals surface area contributed by atoms with Crippen molar-refractivity contribution in [1.29, 1.82) is 0 Å². The second-order valence-corrected chi connectivity index (χ2v) is 9.86. The van der Waals surface area contributed by atoms with Crippen molar-refractivity contribution in [2.24, 2.45) is 0 Å². The fraction of sp³-hybridized carbons (Fsp3) is 0. The van der Waals surface area contributed by atoms with E-state index in [-0.39, 0.29) is 67.8 Å². The normalized spacial score (nSPS) is 11.5. The minimum absolute atomic E-state index is 0.121. The molecule has 0 amide bonds. The van der Waals surface area contributed by atoms with Crippen molar-refractivity contribution >= 4 is 71.4 Å². The predicted molar refractivity (Wildman–Crippen MR) is 181 cm³/mol. The highest BCUT2D eigenvalue weighted by molar-refractivity contribution is 5.83. The minimum Gasteiger partial charge on any atom is -0.264 e. The van der Waals surface area contributed by atoms with E-state index in [1.54, 1.807) is 0 Å². The van der Waals surface area contributed by atoms with Crippen LogP contribution in [0, 0.1) is 40.5 Å². The van der Waals surface area contributed by atoms with Gasteiger partial charge in [0.15, 0.2) is 0 Å². The largest absolute Gasteiger partial charge is 0.279 e. The molecule has 5 heterocycles. The maximum Gasteiger partial charge on any atom is 0.279 e. The molecule has 0 saturated carbocycles. The van der Waals surface area contributed by atoms with Crippen LogP contribution in [0.15, 0.2) is 73.8 Å². The van der Waals surface area contributed by atoms with Gasteiger partial charge < -0.3 is 0 Å². The number of nitro groups is 4. The van der Waals surface area contributed by atoms with Gasteiger partial charge in [-0.3, -0.25) is 60.4 Å². The van der Waals surface area contributed by atoms with Crippen LogP contribution >= 0.6 is 0 Å². The average Bonchev–Trinajstić information content (AvgIpc) is 3.12. The van der Waals surface area contributed by atoms with Gasteiger partial charge in [0.05, 0.1) is 64.7 Å². The van der Waals surface area contributed by atoms with E-state index >= 15 is 0 Å². The predicted octanol–water partition coefficient (Wildman–Crippen LogP) is 6.37. The summed E-state index contributed by atoms with van der Waals surface area (Å²) in [4.78, 5) is 69.3. The van der Waals surface area contributed by atoms with Crippen LogP contribution in [0.3, 0.4) is 0 Å². The highest BCUT2D eigenvalue weighted by Gasteiger charge is 2.16. The highest BCUT2D eigenvalue weighted by atomic mass is 16.6. The van der Waals surface area contributed by atoms with Crippen LogP contribution in [0.25, 0.3) is 48.6 Å². The molecule has 18 nitrogen and oxygen atoms in total. The van der Waals surface area contributed by atoms with Crippen molar-refractivity contribution in [2.75, 3.05) is 0 Å². The first-order valence-electron chi connectivity index (χ1n) is 14.1. The van der Waals surface area contributed by atoms with Gasteiger partial charge in [-0.2, -0.15) is 0 Å². The van der Waals surface area contributed by atoms with E-state index in [2.05, 4.69) is 29.9 Å². The molecule has 5 aromatic rings. The summed E-state index contributed by atoms with van der Waals surface area (Å²) in [5.41, 5.74) is 0.0473. The van der Waals surface area contributed by atoms with Crippen molar-refractivity contribution in [3.05, 3.63) is 159 Å². The Bertz CT molecular complexity index is 1960. The molecule has 0 aromatic carbocycles. The number of nitrogens with zero attached hydrogens (tertiary/aromatic N) is 10. The Balaban J connectivity index is 1.73.